The lowest BCUT2D eigenvalue weighted by Crippen LogP contribution is -2.58. The molecule has 1 heteroatoms. The van der Waals surface area contributed by atoms with Crippen molar-refractivity contribution >= 4 is 0 Å². The summed E-state index contributed by atoms with van der Waals surface area (Å²) >= 11 is 0. The highest BCUT2D eigenvalue weighted by Crippen LogP contribution is 2.71. The largest absolute Gasteiger partial charge is 0.388 e. The number of rotatable bonds is 0. The van der Waals surface area contributed by atoms with Crippen LogP contribution in [0.3, 0.4) is 0 Å². The summed E-state index contributed by atoms with van der Waals surface area (Å²) < 4.78 is 0. The first-order valence-electron chi connectivity index (χ1n) is 9.18. The first-order chi connectivity index (χ1) is 9.81. The second-order valence-corrected chi connectivity index (χ2v) is 9.68. The van der Waals surface area contributed by atoms with Crippen LogP contribution in [0.5, 0.6) is 0 Å². The van der Waals surface area contributed by atoms with Crippen molar-refractivity contribution in [1.82, 2.24) is 0 Å². The molecule has 0 aromatic carbocycles. The molecular weight excluding hydrogens is 256 g/mol. The van der Waals surface area contributed by atoms with Gasteiger partial charge < -0.3 is 5.11 Å². The fraction of sp³-hybridized carbons (Fsp3) is 0.900. The highest BCUT2D eigenvalue weighted by Gasteiger charge is 2.65. The molecule has 4 rings (SSSR count). The molecule has 0 saturated heterocycles. The molecule has 1 spiro atoms. The molecule has 0 aromatic heterocycles. The van der Waals surface area contributed by atoms with E-state index < -0.39 is 0 Å². The van der Waals surface area contributed by atoms with Crippen LogP contribution in [0.2, 0.25) is 0 Å². The van der Waals surface area contributed by atoms with Gasteiger partial charge in [0.1, 0.15) is 0 Å². The van der Waals surface area contributed by atoms with Gasteiger partial charge in [0.15, 0.2) is 0 Å². The molecule has 4 fully saturated rings. The highest BCUT2D eigenvalue weighted by molar-refractivity contribution is 5.27. The molecule has 2 bridgehead atoms. The molecule has 0 radical (unpaired) electrons. The average molecular weight is 288 g/mol. The third-order valence-corrected chi connectivity index (χ3v) is 8.51. The van der Waals surface area contributed by atoms with E-state index in [1.165, 1.54) is 56.9 Å². The molecular formula is C20H32O. The SMILES string of the molecule is C=C1[C@@H]2CC[C@@H]3[C@]4(C)CCCC(C)(C)[C@H]4CC[C@]3(C2)[C@@H]1O. The summed E-state index contributed by atoms with van der Waals surface area (Å²) in [7, 11) is 0. The monoisotopic (exact) mass is 288 g/mol. The zero-order chi connectivity index (χ0) is 15.0. The molecule has 1 N–H and O–H groups in total. The molecule has 4 aliphatic carbocycles. The maximum Gasteiger partial charge on any atom is 0.0809 e. The summed E-state index contributed by atoms with van der Waals surface area (Å²) in [6.07, 6.45) is 10.4. The maximum atomic E-state index is 11.0. The molecule has 21 heavy (non-hydrogen) atoms. The van der Waals surface area contributed by atoms with Gasteiger partial charge in [-0.25, -0.2) is 0 Å². The van der Waals surface area contributed by atoms with Gasteiger partial charge in [0.25, 0.3) is 0 Å². The van der Waals surface area contributed by atoms with Crippen LogP contribution in [0.4, 0.5) is 0 Å². The molecule has 1 nitrogen and oxygen atoms in total. The van der Waals surface area contributed by atoms with Crippen molar-refractivity contribution in [2.75, 3.05) is 0 Å². The van der Waals surface area contributed by atoms with Crippen LogP contribution >= 0.6 is 0 Å². The van der Waals surface area contributed by atoms with E-state index in [-0.39, 0.29) is 11.5 Å². The number of aliphatic hydroxyl groups excluding tert-OH is 1. The third kappa shape index (κ3) is 1.62. The average Bonchev–Trinajstić information content (AvgIpc) is 2.59. The van der Waals surface area contributed by atoms with E-state index in [0.29, 0.717) is 16.7 Å². The van der Waals surface area contributed by atoms with Crippen LogP contribution in [0, 0.1) is 34.0 Å². The van der Waals surface area contributed by atoms with Crippen molar-refractivity contribution in [3.8, 4) is 0 Å². The van der Waals surface area contributed by atoms with Gasteiger partial charge in [-0.1, -0.05) is 33.8 Å². The Kier molecular flexibility index (Phi) is 2.83. The topological polar surface area (TPSA) is 20.2 Å². The Morgan fingerprint density at radius 2 is 1.76 bits per heavy atom. The second-order valence-electron chi connectivity index (χ2n) is 9.68. The van der Waals surface area contributed by atoms with E-state index in [9.17, 15) is 5.11 Å². The summed E-state index contributed by atoms with van der Waals surface area (Å²) in [6.45, 7) is 11.9. The quantitative estimate of drug-likeness (QED) is 0.626. The van der Waals surface area contributed by atoms with Gasteiger partial charge in [-0.3, -0.25) is 0 Å². The molecule has 0 unspecified atom stereocenters. The fourth-order valence-corrected chi connectivity index (χ4v) is 7.69. The number of fused-ring (bicyclic) bond motifs is 3. The van der Waals surface area contributed by atoms with Crippen molar-refractivity contribution in [3.05, 3.63) is 12.2 Å². The van der Waals surface area contributed by atoms with Crippen LogP contribution in [0.1, 0.15) is 72.1 Å². The summed E-state index contributed by atoms with van der Waals surface area (Å²) in [5.74, 6) is 2.20. The maximum absolute atomic E-state index is 11.0. The van der Waals surface area contributed by atoms with Gasteiger partial charge in [-0.15, -0.1) is 0 Å². The predicted molar refractivity (Wildman–Crippen MR) is 86.9 cm³/mol. The van der Waals surface area contributed by atoms with Gasteiger partial charge >= 0.3 is 0 Å². The van der Waals surface area contributed by atoms with E-state index in [2.05, 4.69) is 27.4 Å². The minimum Gasteiger partial charge on any atom is -0.388 e. The third-order valence-electron chi connectivity index (χ3n) is 8.51. The van der Waals surface area contributed by atoms with Crippen LogP contribution in [0.15, 0.2) is 12.2 Å². The van der Waals surface area contributed by atoms with Gasteiger partial charge in [-0.2, -0.15) is 0 Å². The van der Waals surface area contributed by atoms with E-state index in [1.807, 2.05) is 0 Å². The van der Waals surface area contributed by atoms with Gasteiger partial charge in [0.05, 0.1) is 6.10 Å². The number of hydrogen-bond acceptors (Lipinski definition) is 1. The lowest BCUT2D eigenvalue weighted by atomic mass is 9.41. The van der Waals surface area contributed by atoms with Crippen molar-refractivity contribution in [2.24, 2.45) is 34.0 Å². The first kappa shape index (κ1) is 14.3. The number of hydrogen-bond donors (Lipinski definition) is 1. The van der Waals surface area contributed by atoms with E-state index in [1.54, 1.807) is 0 Å². The van der Waals surface area contributed by atoms with Crippen molar-refractivity contribution < 1.29 is 5.11 Å². The minimum absolute atomic E-state index is 0.193. The fourth-order valence-electron chi connectivity index (χ4n) is 7.69. The van der Waals surface area contributed by atoms with Gasteiger partial charge in [0.2, 0.25) is 0 Å². The van der Waals surface area contributed by atoms with Crippen LogP contribution in [0.25, 0.3) is 0 Å². The standard InChI is InChI=1S/C20H32O/c1-13-14-6-7-16-19(4)10-5-9-18(2,3)15(19)8-11-20(16,12-14)17(13)21/h14-17,21H,1,5-12H2,2-4H3/t14-,15-,16-,17-,19-,20-/m1/s1. The molecule has 4 aliphatic rings. The first-order valence-corrected chi connectivity index (χ1v) is 9.18. The molecule has 0 heterocycles. The van der Waals surface area contributed by atoms with Crippen LogP contribution in [-0.2, 0) is 0 Å². The van der Waals surface area contributed by atoms with Crippen LogP contribution < -0.4 is 0 Å². The van der Waals surface area contributed by atoms with Crippen molar-refractivity contribution in [2.45, 2.75) is 78.2 Å². The van der Waals surface area contributed by atoms with Gasteiger partial charge in [0, 0.05) is 5.41 Å². The normalized spacial score (nSPS) is 55.0. The van der Waals surface area contributed by atoms with Crippen molar-refractivity contribution in [3.63, 3.8) is 0 Å². The molecule has 0 aromatic rings. The molecule has 0 amide bonds. The predicted octanol–water partition coefficient (Wildman–Crippen LogP) is 4.95. The summed E-state index contributed by atoms with van der Waals surface area (Å²) in [4.78, 5) is 0. The zero-order valence-electron chi connectivity index (χ0n) is 14.1. The molecule has 4 saturated carbocycles. The lowest BCUT2D eigenvalue weighted by molar-refractivity contribution is -0.167. The highest BCUT2D eigenvalue weighted by atomic mass is 16.3. The summed E-state index contributed by atoms with van der Waals surface area (Å²) in [5, 5.41) is 11.0. The summed E-state index contributed by atoms with van der Waals surface area (Å²) in [5.41, 5.74) is 2.32. The minimum atomic E-state index is -0.210. The van der Waals surface area contributed by atoms with E-state index in [4.69, 9.17) is 0 Å². The Morgan fingerprint density at radius 3 is 2.52 bits per heavy atom. The Balaban J connectivity index is 1.77. The Hall–Kier alpha value is -0.300. The van der Waals surface area contributed by atoms with Crippen LogP contribution in [-0.4, -0.2) is 11.2 Å². The number of aliphatic hydroxyl groups is 1. The van der Waals surface area contributed by atoms with Crippen molar-refractivity contribution in [1.29, 1.82) is 0 Å². The lowest BCUT2D eigenvalue weighted by Gasteiger charge is -2.64. The van der Waals surface area contributed by atoms with E-state index in [0.717, 1.165) is 11.8 Å². The molecule has 6 atom stereocenters. The second kappa shape index (κ2) is 4.16. The van der Waals surface area contributed by atoms with E-state index >= 15 is 0 Å². The molecule has 118 valence electrons. The smallest absolute Gasteiger partial charge is 0.0809 e. The molecule has 0 aliphatic heterocycles. The summed E-state index contributed by atoms with van der Waals surface area (Å²) in [6, 6.07) is 0. The Bertz CT molecular complexity index is 478. The Labute approximate surface area is 130 Å². The van der Waals surface area contributed by atoms with Gasteiger partial charge in [-0.05, 0) is 79.1 Å². The Morgan fingerprint density at radius 1 is 1.00 bits per heavy atom. The zero-order valence-corrected chi connectivity index (χ0v) is 14.1.